The Morgan fingerprint density at radius 3 is 3.00 bits per heavy atom. The van der Waals surface area contributed by atoms with E-state index in [9.17, 15) is 9.59 Å². The van der Waals surface area contributed by atoms with E-state index in [1.807, 2.05) is 25.1 Å². The van der Waals surface area contributed by atoms with E-state index in [1.165, 1.54) is 0 Å². The summed E-state index contributed by atoms with van der Waals surface area (Å²) in [6.45, 7) is 2.49. The third-order valence-electron chi connectivity index (χ3n) is 3.36. The van der Waals surface area contributed by atoms with E-state index in [0.29, 0.717) is 6.61 Å². The number of nitrogens with one attached hydrogen (secondary N) is 1. The summed E-state index contributed by atoms with van der Waals surface area (Å²) < 4.78 is 5.41. The third-order valence-corrected chi connectivity index (χ3v) is 3.36. The molecule has 2 N–H and O–H groups in total. The van der Waals surface area contributed by atoms with Crippen molar-refractivity contribution in [1.82, 2.24) is 5.32 Å². The molecule has 0 saturated heterocycles. The maximum Gasteiger partial charge on any atom is 0.326 e. The minimum absolute atomic E-state index is 0.174. The van der Waals surface area contributed by atoms with Crippen LogP contribution in [0.4, 0.5) is 0 Å². The summed E-state index contributed by atoms with van der Waals surface area (Å²) in [6, 6.07) is 4.76. The molecule has 0 aliphatic carbocycles. The van der Waals surface area contributed by atoms with Gasteiger partial charge in [0.15, 0.2) is 0 Å². The minimum Gasteiger partial charge on any atom is -0.493 e. The van der Waals surface area contributed by atoms with Gasteiger partial charge in [0.2, 0.25) is 5.91 Å². The average molecular weight is 289 g/mol. The second-order valence-electron chi connectivity index (χ2n) is 4.98. The molecule has 1 atom stereocenters. The van der Waals surface area contributed by atoms with Crippen LogP contribution in [0.15, 0.2) is 30.4 Å². The average Bonchev–Trinajstić information content (AvgIpc) is 2.90. The predicted octanol–water partition coefficient (Wildman–Crippen LogP) is 1.70. The van der Waals surface area contributed by atoms with E-state index in [4.69, 9.17) is 9.84 Å². The highest BCUT2D eigenvalue weighted by Crippen LogP contribution is 2.25. The number of amides is 1. The molecule has 0 aromatic heterocycles. The van der Waals surface area contributed by atoms with Crippen molar-refractivity contribution in [2.75, 3.05) is 6.61 Å². The molecule has 0 fully saturated rings. The SMILES string of the molecule is C/C=C/CC(NC(=O)Cc1ccc2c(c1)CCO2)C(=O)O. The van der Waals surface area contributed by atoms with Gasteiger partial charge in [0, 0.05) is 6.42 Å². The first kappa shape index (κ1) is 15.1. The topological polar surface area (TPSA) is 75.6 Å². The van der Waals surface area contributed by atoms with Crippen molar-refractivity contribution in [3.8, 4) is 5.75 Å². The van der Waals surface area contributed by atoms with E-state index in [2.05, 4.69) is 5.32 Å². The second-order valence-corrected chi connectivity index (χ2v) is 4.98. The van der Waals surface area contributed by atoms with Crippen LogP contribution in [0.25, 0.3) is 0 Å². The molecule has 1 amide bonds. The first-order chi connectivity index (χ1) is 10.1. The zero-order chi connectivity index (χ0) is 15.2. The van der Waals surface area contributed by atoms with Crippen LogP contribution in [0.1, 0.15) is 24.5 Å². The Hall–Kier alpha value is -2.30. The lowest BCUT2D eigenvalue weighted by Gasteiger charge is -2.13. The summed E-state index contributed by atoms with van der Waals surface area (Å²) >= 11 is 0. The molecule has 1 aliphatic rings. The number of ether oxygens (including phenoxy) is 1. The molecule has 0 spiro atoms. The van der Waals surface area contributed by atoms with Gasteiger partial charge in [-0.05, 0) is 30.5 Å². The number of benzene rings is 1. The number of allylic oxidation sites excluding steroid dienone is 1. The monoisotopic (exact) mass is 289 g/mol. The Balaban J connectivity index is 1.95. The van der Waals surface area contributed by atoms with E-state index >= 15 is 0 Å². The smallest absolute Gasteiger partial charge is 0.326 e. The Morgan fingerprint density at radius 2 is 2.29 bits per heavy atom. The molecule has 0 bridgehead atoms. The maximum absolute atomic E-state index is 12.0. The van der Waals surface area contributed by atoms with Gasteiger partial charge < -0.3 is 15.2 Å². The summed E-state index contributed by atoms with van der Waals surface area (Å²) in [6.07, 6.45) is 4.81. The molecule has 1 aromatic rings. The number of fused-ring (bicyclic) bond motifs is 1. The molecule has 0 saturated carbocycles. The quantitative estimate of drug-likeness (QED) is 0.782. The first-order valence-corrected chi connectivity index (χ1v) is 6.98. The summed E-state index contributed by atoms with van der Waals surface area (Å²) in [7, 11) is 0. The van der Waals surface area contributed by atoms with Gasteiger partial charge in [-0.25, -0.2) is 4.79 Å². The summed E-state index contributed by atoms with van der Waals surface area (Å²) in [4.78, 5) is 23.0. The third kappa shape index (κ3) is 4.08. The van der Waals surface area contributed by atoms with Crippen LogP contribution in [0.3, 0.4) is 0 Å². The Bertz CT molecular complexity index is 565. The number of rotatable bonds is 6. The number of aliphatic carboxylic acids is 1. The number of carbonyl (C=O) groups is 2. The fourth-order valence-electron chi connectivity index (χ4n) is 2.27. The lowest BCUT2D eigenvalue weighted by atomic mass is 10.1. The molecule has 1 heterocycles. The molecule has 1 aromatic carbocycles. The van der Waals surface area contributed by atoms with Crippen LogP contribution in [0.2, 0.25) is 0 Å². The largest absolute Gasteiger partial charge is 0.493 e. The number of carbonyl (C=O) groups excluding carboxylic acids is 1. The van der Waals surface area contributed by atoms with Crippen LogP contribution in [-0.2, 0) is 22.4 Å². The normalized spacial score (nSPS) is 14.5. The van der Waals surface area contributed by atoms with Crippen molar-refractivity contribution in [2.24, 2.45) is 0 Å². The van der Waals surface area contributed by atoms with Crippen molar-refractivity contribution in [2.45, 2.75) is 32.2 Å². The number of hydrogen-bond donors (Lipinski definition) is 2. The summed E-state index contributed by atoms with van der Waals surface area (Å²) in [5, 5.41) is 11.6. The highest BCUT2D eigenvalue weighted by atomic mass is 16.5. The van der Waals surface area contributed by atoms with Crippen molar-refractivity contribution >= 4 is 11.9 Å². The van der Waals surface area contributed by atoms with Crippen LogP contribution in [0.5, 0.6) is 5.75 Å². The summed E-state index contributed by atoms with van der Waals surface area (Å²) in [5.74, 6) is -0.440. The van der Waals surface area contributed by atoms with Crippen LogP contribution in [0, 0.1) is 0 Å². The van der Waals surface area contributed by atoms with Gasteiger partial charge in [-0.3, -0.25) is 4.79 Å². The molecule has 5 nitrogen and oxygen atoms in total. The second kappa shape index (κ2) is 6.92. The van der Waals surface area contributed by atoms with E-state index in [0.717, 1.165) is 23.3 Å². The Kier molecular flexibility index (Phi) is 4.98. The van der Waals surface area contributed by atoms with Crippen molar-refractivity contribution in [3.63, 3.8) is 0 Å². The molecule has 5 heteroatoms. The summed E-state index contributed by atoms with van der Waals surface area (Å²) in [5.41, 5.74) is 1.97. The lowest BCUT2D eigenvalue weighted by molar-refractivity contribution is -0.141. The minimum atomic E-state index is -1.02. The van der Waals surface area contributed by atoms with Gasteiger partial charge in [0.1, 0.15) is 11.8 Å². The van der Waals surface area contributed by atoms with Crippen LogP contribution < -0.4 is 10.1 Å². The van der Waals surface area contributed by atoms with Crippen LogP contribution in [-0.4, -0.2) is 29.6 Å². The highest BCUT2D eigenvalue weighted by Gasteiger charge is 2.19. The fourth-order valence-corrected chi connectivity index (χ4v) is 2.27. The van der Waals surface area contributed by atoms with Crippen molar-refractivity contribution in [3.05, 3.63) is 41.5 Å². The molecule has 112 valence electrons. The zero-order valence-electron chi connectivity index (χ0n) is 12.0. The first-order valence-electron chi connectivity index (χ1n) is 6.98. The van der Waals surface area contributed by atoms with Gasteiger partial charge in [-0.2, -0.15) is 0 Å². The molecule has 1 aliphatic heterocycles. The van der Waals surface area contributed by atoms with Crippen LogP contribution >= 0.6 is 0 Å². The van der Waals surface area contributed by atoms with E-state index in [-0.39, 0.29) is 18.7 Å². The molecule has 21 heavy (non-hydrogen) atoms. The predicted molar refractivity (Wildman–Crippen MR) is 78.3 cm³/mol. The Morgan fingerprint density at radius 1 is 1.48 bits per heavy atom. The zero-order valence-corrected chi connectivity index (χ0v) is 12.0. The molecule has 2 rings (SSSR count). The molecular weight excluding hydrogens is 270 g/mol. The molecular formula is C16H19NO4. The van der Waals surface area contributed by atoms with Gasteiger partial charge in [-0.1, -0.05) is 24.3 Å². The van der Waals surface area contributed by atoms with Gasteiger partial charge in [0.25, 0.3) is 0 Å². The fraction of sp³-hybridized carbons (Fsp3) is 0.375. The standard InChI is InChI=1S/C16H19NO4/c1-2-3-4-13(16(19)20)17-15(18)10-11-5-6-14-12(9-11)7-8-21-14/h2-3,5-6,9,13H,4,7-8,10H2,1H3,(H,17,18)(H,19,20)/b3-2+. The van der Waals surface area contributed by atoms with E-state index < -0.39 is 12.0 Å². The van der Waals surface area contributed by atoms with Crippen molar-refractivity contribution < 1.29 is 19.4 Å². The number of carboxylic acids is 1. The number of carboxylic acid groups (broad SMARTS) is 1. The maximum atomic E-state index is 12.0. The highest BCUT2D eigenvalue weighted by molar-refractivity contribution is 5.85. The van der Waals surface area contributed by atoms with Crippen molar-refractivity contribution in [1.29, 1.82) is 0 Å². The van der Waals surface area contributed by atoms with E-state index in [1.54, 1.807) is 12.2 Å². The number of hydrogen-bond acceptors (Lipinski definition) is 3. The lowest BCUT2D eigenvalue weighted by Crippen LogP contribution is -2.41. The van der Waals surface area contributed by atoms with Gasteiger partial charge in [-0.15, -0.1) is 0 Å². The molecule has 1 unspecified atom stereocenters. The molecule has 0 radical (unpaired) electrons. The Labute approximate surface area is 123 Å². The van der Waals surface area contributed by atoms with Gasteiger partial charge >= 0.3 is 5.97 Å². The van der Waals surface area contributed by atoms with Gasteiger partial charge in [0.05, 0.1) is 13.0 Å².